The predicted molar refractivity (Wildman–Crippen MR) is 108 cm³/mol. The second kappa shape index (κ2) is 7.68. The molecule has 0 radical (unpaired) electrons. The summed E-state index contributed by atoms with van der Waals surface area (Å²) >= 11 is 5.76. The van der Waals surface area contributed by atoms with Gasteiger partial charge in [0.25, 0.3) is 5.56 Å². The Morgan fingerprint density at radius 3 is 2.67 bits per heavy atom. The lowest BCUT2D eigenvalue weighted by molar-refractivity contribution is 0.197. The summed E-state index contributed by atoms with van der Waals surface area (Å²) in [6.45, 7) is 0. The molecule has 3 aromatic rings. The summed E-state index contributed by atoms with van der Waals surface area (Å²) in [7, 11) is 1.57. The first-order chi connectivity index (χ1) is 14.3. The third kappa shape index (κ3) is 3.41. The van der Waals surface area contributed by atoms with Crippen molar-refractivity contribution in [1.29, 1.82) is 0 Å². The van der Waals surface area contributed by atoms with Crippen LogP contribution in [0.15, 0.2) is 35.1 Å². The zero-order valence-electron chi connectivity index (χ0n) is 15.9. The summed E-state index contributed by atoms with van der Waals surface area (Å²) in [5.74, 6) is -2.93. The van der Waals surface area contributed by atoms with Gasteiger partial charge in [0.15, 0.2) is 11.6 Å². The SMILES string of the molecule is CN(C(=O)Nc1ccc(F)c(Cl)c1)[C@H]1CCCc2[nH]c(=O)c3c(F)c(F)ccc3c21. The highest BCUT2D eigenvalue weighted by atomic mass is 35.5. The van der Waals surface area contributed by atoms with E-state index in [9.17, 15) is 22.8 Å². The van der Waals surface area contributed by atoms with E-state index >= 15 is 0 Å². The van der Waals surface area contributed by atoms with Crippen LogP contribution in [0.1, 0.15) is 30.1 Å². The average Bonchev–Trinajstić information content (AvgIpc) is 2.72. The van der Waals surface area contributed by atoms with E-state index in [1.54, 1.807) is 7.05 Å². The van der Waals surface area contributed by atoms with E-state index < -0.39 is 35.1 Å². The number of rotatable bonds is 2. The van der Waals surface area contributed by atoms with Crippen LogP contribution in [0, 0.1) is 17.5 Å². The molecule has 1 heterocycles. The number of carbonyl (C=O) groups is 1. The molecule has 0 unspecified atom stereocenters. The van der Waals surface area contributed by atoms with Crippen LogP contribution in [0.2, 0.25) is 5.02 Å². The summed E-state index contributed by atoms with van der Waals surface area (Å²) < 4.78 is 41.4. The predicted octanol–water partition coefficient (Wildman–Crippen LogP) is 5.14. The number of aryl methyl sites for hydroxylation is 1. The van der Waals surface area contributed by atoms with Gasteiger partial charge in [-0.15, -0.1) is 0 Å². The van der Waals surface area contributed by atoms with Crippen LogP contribution in [0.4, 0.5) is 23.7 Å². The second-order valence-corrected chi connectivity index (χ2v) is 7.62. The van der Waals surface area contributed by atoms with Gasteiger partial charge in [-0.2, -0.15) is 0 Å². The van der Waals surface area contributed by atoms with Crippen LogP contribution in [0.25, 0.3) is 10.8 Å². The summed E-state index contributed by atoms with van der Waals surface area (Å²) in [5, 5.41) is 2.44. The van der Waals surface area contributed by atoms with Crippen molar-refractivity contribution in [2.24, 2.45) is 0 Å². The summed E-state index contributed by atoms with van der Waals surface area (Å²) in [6, 6.07) is 5.19. The highest BCUT2D eigenvalue weighted by molar-refractivity contribution is 6.31. The van der Waals surface area contributed by atoms with Crippen LogP contribution < -0.4 is 10.9 Å². The van der Waals surface area contributed by atoms with Crippen LogP contribution in [-0.4, -0.2) is 23.0 Å². The minimum atomic E-state index is -1.21. The van der Waals surface area contributed by atoms with Gasteiger partial charge in [0.05, 0.1) is 16.5 Å². The number of benzene rings is 2. The second-order valence-electron chi connectivity index (χ2n) is 7.21. The number of amides is 2. The van der Waals surface area contributed by atoms with Gasteiger partial charge >= 0.3 is 6.03 Å². The van der Waals surface area contributed by atoms with Crippen molar-refractivity contribution < 1.29 is 18.0 Å². The summed E-state index contributed by atoms with van der Waals surface area (Å²) in [5.41, 5.74) is 0.798. The molecule has 1 aliphatic carbocycles. The topological polar surface area (TPSA) is 65.2 Å². The molecule has 1 aromatic heterocycles. The van der Waals surface area contributed by atoms with Gasteiger partial charge in [0.1, 0.15) is 5.82 Å². The number of carbonyl (C=O) groups excluding carboxylic acids is 1. The average molecular weight is 436 g/mol. The number of fused-ring (bicyclic) bond motifs is 3. The van der Waals surface area contributed by atoms with E-state index in [1.807, 2.05) is 0 Å². The number of aromatic nitrogens is 1. The smallest absolute Gasteiger partial charge is 0.322 e. The number of aromatic amines is 1. The third-order valence-electron chi connectivity index (χ3n) is 5.40. The molecular weight excluding hydrogens is 419 g/mol. The molecule has 0 saturated heterocycles. The molecule has 30 heavy (non-hydrogen) atoms. The van der Waals surface area contributed by atoms with Gasteiger partial charge in [-0.25, -0.2) is 18.0 Å². The zero-order chi connectivity index (χ0) is 21.6. The van der Waals surface area contributed by atoms with Crippen molar-refractivity contribution in [3.63, 3.8) is 0 Å². The van der Waals surface area contributed by atoms with Crippen LogP contribution in [-0.2, 0) is 6.42 Å². The maximum absolute atomic E-state index is 14.3. The van der Waals surface area contributed by atoms with E-state index in [1.165, 1.54) is 23.1 Å². The van der Waals surface area contributed by atoms with E-state index in [2.05, 4.69) is 10.3 Å². The standard InChI is InChI=1S/C21H17ClF3N3O2/c1-28(21(30)26-10-5-7-13(23)12(22)9-10)16-4-2-3-15-17(16)11-6-8-14(24)19(25)18(11)20(29)27-15/h5-9,16H,2-4H2,1H3,(H,26,30)(H,27,29)/t16-/m0/s1. The van der Waals surface area contributed by atoms with Crippen molar-refractivity contribution in [2.45, 2.75) is 25.3 Å². The Labute approximate surface area is 174 Å². The molecule has 5 nitrogen and oxygen atoms in total. The maximum Gasteiger partial charge on any atom is 0.322 e. The molecule has 156 valence electrons. The van der Waals surface area contributed by atoms with Gasteiger partial charge in [0.2, 0.25) is 0 Å². The van der Waals surface area contributed by atoms with E-state index in [4.69, 9.17) is 11.6 Å². The lowest BCUT2D eigenvalue weighted by atomic mass is 9.87. The minimum absolute atomic E-state index is 0.125. The zero-order valence-corrected chi connectivity index (χ0v) is 16.6. The van der Waals surface area contributed by atoms with Crippen molar-refractivity contribution in [3.05, 3.63) is 74.4 Å². The van der Waals surface area contributed by atoms with Crippen LogP contribution in [0.3, 0.4) is 0 Å². The van der Waals surface area contributed by atoms with Gasteiger partial charge in [-0.05, 0) is 48.9 Å². The number of anilines is 1. The number of nitrogens with one attached hydrogen (secondary N) is 2. The summed E-state index contributed by atoms with van der Waals surface area (Å²) in [6.07, 6.45) is 1.82. The quantitative estimate of drug-likeness (QED) is 0.585. The monoisotopic (exact) mass is 435 g/mol. The Morgan fingerprint density at radius 2 is 1.93 bits per heavy atom. The maximum atomic E-state index is 14.3. The molecule has 4 rings (SSSR count). The molecule has 0 aliphatic heterocycles. The van der Waals surface area contributed by atoms with Gasteiger partial charge < -0.3 is 15.2 Å². The molecule has 0 bridgehead atoms. The first-order valence-electron chi connectivity index (χ1n) is 9.29. The molecule has 2 amide bonds. The van der Waals surface area contributed by atoms with Crippen LogP contribution in [0.5, 0.6) is 0 Å². The fraction of sp³-hybridized carbons (Fsp3) is 0.238. The largest absolute Gasteiger partial charge is 0.325 e. The molecular formula is C21H17ClF3N3O2. The fourth-order valence-corrected chi connectivity index (χ4v) is 4.12. The minimum Gasteiger partial charge on any atom is -0.325 e. The Kier molecular flexibility index (Phi) is 5.19. The van der Waals surface area contributed by atoms with Gasteiger partial charge in [0, 0.05) is 24.0 Å². The number of urea groups is 1. The molecule has 2 aromatic carbocycles. The van der Waals surface area contributed by atoms with Crippen molar-refractivity contribution in [2.75, 3.05) is 12.4 Å². The van der Waals surface area contributed by atoms with Crippen molar-refractivity contribution >= 4 is 34.1 Å². The number of nitrogens with zero attached hydrogens (tertiary/aromatic N) is 1. The van der Waals surface area contributed by atoms with E-state index in [0.717, 1.165) is 12.1 Å². The van der Waals surface area contributed by atoms with E-state index in [0.29, 0.717) is 36.2 Å². The molecule has 1 aliphatic rings. The lowest BCUT2D eigenvalue weighted by Crippen LogP contribution is -2.37. The number of pyridine rings is 1. The number of halogens is 4. The van der Waals surface area contributed by atoms with E-state index in [-0.39, 0.29) is 15.8 Å². The van der Waals surface area contributed by atoms with Gasteiger partial charge in [-0.3, -0.25) is 4.79 Å². The Morgan fingerprint density at radius 1 is 1.20 bits per heavy atom. The Hall–Kier alpha value is -3.00. The molecule has 9 heteroatoms. The Balaban J connectivity index is 1.74. The highest BCUT2D eigenvalue weighted by Crippen LogP contribution is 2.37. The normalized spacial score (nSPS) is 15.7. The molecule has 0 saturated carbocycles. The highest BCUT2D eigenvalue weighted by Gasteiger charge is 2.31. The lowest BCUT2D eigenvalue weighted by Gasteiger charge is -2.34. The Bertz CT molecular complexity index is 1230. The summed E-state index contributed by atoms with van der Waals surface area (Å²) in [4.78, 5) is 29.2. The first-order valence-corrected chi connectivity index (χ1v) is 9.67. The van der Waals surface area contributed by atoms with Crippen molar-refractivity contribution in [1.82, 2.24) is 9.88 Å². The van der Waals surface area contributed by atoms with Gasteiger partial charge in [-0.1, -0.05) is 17.7 Å². The fourth-order valence-electron chi connectivity index (χ4n) is 3.94. The molecule has 0 spiro atoms. The first kappa shape index (κ1) is 20.3. The number of hydrogen-bond acceptors (Lipinski definition) is 2. The molecule has 0 fully saturated rings. The van der Waals surface area contributed by atoms with Crippen LogP contribution >= 0.6 is 11.6 Å². The van der Waals surface area contributed by atoms with Crippen molar-refractivity contribution in [3.8, 4) is 0 Å². The molecule has 2 N–H and O–H groups in total. The molecule has 1 atom stereocenters. The third-order valence-corrected chi connectivity index (χ3v) is 5.69. The number of hydrogen-bond donors (Lipinski definition) is 2. The number of H-pyrrole nitrogens is 1.